The van der Waals surface area contributed by atoms with E-state index in [1.165, 1.54) is 0 Å². The number of methoxy groups -OCH3 is 2. The lowest BCUT2D eigenvalue weighted by molar-refractivity contribution is -0.129. The number of carbonyl (C=O) groups excluding carboxylic acids is 1. The standard InChI is InChI=1S/C29H50N2O7/c1-18(2)21(12-20-8-9-27(36-6)28(13-20)38-11-7-10-35-5)14-23(30)25(32)15-22(19(3)4)29(34)31-24-16-37-17-26(24)33/h8-9,13,18-19,21-26,32-33H,7,10-12,14-17,30H2,1-6H3,(H,31,34)/t21-,22-,23-,24+,25-,26+/m0/s1. The van der Waals surface area contributed by atoms with Gasteiger partial charge in [-0.15, -0.1) is 0 Å². The molecule has 1 aliphatic heterocycles. The highest BCUT2D eigenvalue weighted by atomic mass is 16.5. The van der Waals surface area contributed by atoms with Crippen LogP contribution in [-0.4, -0.2) is 81.1 Å². The minimum atomic E-state index is -0.824. The van der Waals surface area contributed by atoms with Crippen molar-refractivity contribution < 1.29 is 34.0 Å². The largest absolute Gasteiger partial charge is 0.493 e. The van der Waals surface area contributed by atoms with Gasteiger partial charge in [-0.05, 0) is 54.7 Å². The fraction of sp³-hybridized carbons (Fsp3) is 0.759. The van der Waals surface area contributed by atoms with Gasteiger partial charge in [-0.2, -0.15) is 0 Å². The predicted molar refractivity (Wildman–Crippen MR) is 147 cm³/mol. The molecule has 0 unspecified atom stereocenters. The molecule has 0 aliphatic carbocycles. The summed E-state index contributed by atoms with van der Waals surface area (Å²) in [4.78, 5) is 13.0. The molecule has 9 nitrogen and oxygen atoms in total. The van der Waals surface area contributed by atoms with Gasteiger partial charge in [-0.1, -0.05) is 33.8 Å². The van der Waals surface area contributed by atoms with Crippen LogP contribution in [-0.2, 0) is 20.7 Å². The molecule has 5 N–H and O–H groups in total. The van der Waals surface area contributed by atoms with Crippen molar-refractivity contribution in [1.29, 1.82) is 0 Å². The van der Waals surface area contributed by atoms with E-state index in [1.807, 2.05) is 32.0 Å². The van der Waals surface area contributed by atoms with E-state index in [-0.39, 0.29) is 30.8 Å². The lowest BCUT2D eigenvalue weighted by Gasteiger charge is -2.30. The molecule has 6 atom stereocenters. The Kier molecular flexibility index (Phi) is 13.8. The summed E-state index contributed by atoms with van der Waals surface area (Å²) in [5.74, 6) is 1.38. The summed E-state index contributed by atoms with van der Waals surface area (Å²) in [7, 11) is 3.30. The molecule has 0 aromatic heterocycles. The van der Waals surface area contributed by atoms with Crippen LogP contribution in [0, 0.1) is 23.7 Å². The molecule has 9 heteroatoms. The van der Waals surface area contributed by atoms with Crippen LogP contribution in [0.2, 0.25) is 0 Å². The van der Waals surface area contributed by atoms with E-state index in [0.717, 1.165) is 18.4 Å². The first kappa shape index (κ1) is 32.3. The second-order valence-corrected chi connectivity index (χ2v) is 11.2. The van der Waals surface area contributed by atoms with Gasteiger partial charge in [0.1, 0.15) is 0 Å². The van der Waals surface area contributed by atoms with Crippen molar-refractivity contribution in [3.63, 3.8) is 0 Å². The Hall–Kier alpha value is -1.91. The number of hydrogen-bond donors (Lipinski definition) is 4. The Bertz CT molecular complexity index is 835. The number of carbonyl (C=O) groups is 1. The monoisotopic (exact) mass is 538 g/mol. The second kappa shape index (κ2) is 16.3. The first-order valence-electron chi connectivity index (χ1n) is 13.9. The van der Waals surface area contributed by atoms with Gasteiger partial charge in [0.25, 0.3) is 0 Å². The molecule has 0 radical (unpaired) electrons. The molecular weight excluding hydrogens is 488 g/mol. The van der Waals surface area contributed by atoms with Crippen LogP contribution >= 0.6 is 0 Å². The van der Waals surface area contributed by atoms with Gasteiger partial charge < -0.3 is 40.2 Å². The number of aliphatic hydroxyl groups excluding tert-OH is 2. The summed E-state index contributed by atoms with van der Waals surface area (Å²) in [6.45, 7) is 9.92. The number of rotatable bonds is 17. The normalized spacial score (nSPS) is 20.8. The van der Waals surface area contributed by atoms with E-state index < -0.39 is 30.2 Å². The second-order valence-electron chi connectivity index (χ2n) is 11.2. The van der Waals surface area contributed by atoms with Gasteiger partial charge in [0.05, 0.1) is 45.2 Å². The SMILES string of the molecule is COCCCOc1cc(C[C@@H](C[C@H](N)[C@@H](O)C[C@H](C(=O)N[C@@H]2COC[C@H]2O)C(C)C)C(C)C)ccc1OC. The maximum atomic E-state index is 13.0. The molecule has 1 aliphatic rings. The van der Waals surface area contributed by atoms with Gasteiger partial charge >= 0.3 is 0 Å². The highest BCUT2D eigenvalue weighted by Crippen LogP contribution is 2.32. The molecule has 1 saturated heterocycles. The van der Waals surface area contributed by atoms with Crippen molar-refractivity contribution in [1.82, 2.24) is 5.32 Å². The Morgan fingerprint density at radius 3 is 2.42 bits per heavy atom. The van der Waals surface area contributed by atoms with E-state index in [9.17, 15) is 15.0 Å². The third-order valence-corrected chi connectivity index (χ3v) is 7.50. The molecule has 0 spiro atoms. The summed E-state index contributed by atoms with van der Waals surface area (Å²) < 4.78 is 21.7. The zero-order valence-corrected chi connectivity index (χ0v) is 24.0. The number of ether oxygens (including phenoxy) is 4. The van der Waals surface area contributed by atoms with Crippen LogP contribution in [0.4, 0.5) is 0 Å². The third-order valence-electron chi connectivity index (χ3n) is 7.50. The predicted octanol–water partition coefficient (Wildman–Crippen LogP) is 2.54. The summed E-state index contributed by atoms with van der Waals surface area (Å²) in [5.41, 5.74) is 7.63. The van der Waals surface area contributed by atoms with Crippen LogP contribution in [0.3, 0.4) is 0 Å². The van der Waals surface area contributed by atoms with Crippen molar-refractivity contribution in [3.8, 4) is 11.5 Å². The van der Waals surface area contributed by atoms with Gasteiger partial charge in [0, 0.05) is 32.1 Å². The van der Waals surface area contributed by atoms with E-state index in [1.54, 1.807) is 14.2 Å². The number of aliphatic hydroxyl groups is 2. The molecule has 1 heterocycles. The molecule has 38 heavy (non-hydrogen) atoms. The number of nitrogens with two attached hydrogens (primary N) is 1. The maximum Gasteiger partial charge on any atom is 0.223 e. The quantitative estimate of drug-likeness (QED) is 0.223. The zero-order valence-electron chi connectivity index (χ0n) is 24.0. The lowest BCUT2D eigenvalue weighted by atomic mass is 9.80. The number of benzene rings is 1. The van der Waals surface area contributed by atoms with Gasteiger partial charge in [0.15, 0.2) is 11.5 Å². The molecule has 1 fully saturated rings. The summed E-state index contributed by atoms with van der Waals surface area (Å²) in [6.07, 6.45) is 0.923. The Labute approximate surface area is 228 Å². The van der Waals surface area contributed by atoms with E-state index in [4.69, 9.17) is 24.7 Å². The topological polar surface area (TPSA) is 132 Å². The molecule has 0 saturated carbocycles. The van der Waals surface area contributed by atoms with Crippen molar-refractivity contribution in [3.05, 3.63) is 23.8 Å². The van der Waals surface area contributed by atoms with Crippen molar-refractivity contribution in [2.45, 2.75) is 77.7 Å². The molecule has 1 aromatic carbocycles. The fourth-order valence-electron chi connectivity index (χ4n) is 4.83. The third kappa shape index (κ3) is 10.0. The van der Waals surface area contributed by atoms with Crippen molar-refractivity contribution in [2.75, 3.05) is 40.6 Å². The van der Waals surface area contributed by atoms with Crippen LogP contribution < -0.4 is 20.5 Å². The van der Waals surface area contributed by atoms with Gasteiger partial charge in [-0.25, -0.2) is 0 Å². The Balaban J connectivity index is 2.01. The average Bonchev–Trinajstić information content (AvgIpc) is 3.28. The van der Waals surface area contributed by atoms with Crippen LogP contribution in [0.25, 0.3) is 0 Å². The highest BCUT2D eigenvalue weighted by Gasteiger charge is 2.33. The van der Waals surface area contributed by atoms with Crippen molar-refractivity contribution >= 4 is 5.91 Å². The van der Waals surface area contributed by atoms with Crippen LogP contribution in [0.15, 0.2) is 18.2 Å². The smallest absolute Gasteiger partial charge is 0.223 e. The Morgan fingerprint density at radius 1 is 1.11 bits per heavy atom. The molecule has 1 amide bonds. The number of amides is 1. The molecule has 2 rings (SSSR count). The fourth-order valence-corrected chi connectivity index (χ4v) is 4.83. The van der Waals surface area contributed by atoms with Gasteiger partial charge in [0.2, 0.25) is 5.91 Å². The van der Waals surface area contributed by atoms with Crippen LogP contribution in [0.1, 0.15) is 52.5 Å². The number of nitrogens with one attached hydrogen (secondary N) is 1. The molecule has 1 aromatic rings. The molecule has 0 bridgehead atoms. The Morgan fingerprint density at radius 2 is 1.84 bits per heavy atom. The lowest BCUT2D eigenvalue weighted by Crippen LogP contribution is -2.48. The zero-order chi connectivity index (χ0) is 28.2. The van der Waals surface area contributed by atoms with Crippen LogP contribution in [0.5, 0.6) is 11.5 Å². The summed E-state index contributed by atoms with van der Waals surface area (Å²) in [5, 5.41) is 23.9. The first-order valence-corrected chi connectivity index (χ1v) is 13.9. The highest BCUT2D eigenvalue weighted by molar-refractivity contribution is 5.79. The average molecular weight is 539 g/mol. The van der Waals surface area contributed by atoms with Crippen molar-refractivity contribution in [2.24, 2.45) is 29.4 Å². The van der Waals surface area contributed by atoms with Gasteiger partial charge in [-0.3, -0.25) is 4.79 Å². The minimum Gasteiger partial charge on any atom is -0.493 e. The molecular formula is C29H50N2O7. The summed E-state index contributed by atoms with van der Waals surface area (Å²) >= 11 is 0. The summed E-state index contributed by atoms with van der Waals surface area (Å²) in [6, 6.07) is 5.09. The van der Waals surface area contributed by atoms with E-state index >= 15 is 0 Å². The van der Waals surface area contributed by atoms with E-state index in [0.29, 0.717) is 43.7 Å². The van der Waals surface area contributed by atoms with E-state index in [2.05, 4.69) is 19.2 Å². The number of hydrogen-bond acceptors (Lipinski definition) is 8. The first-order chi connectivity index (χ1) is 18.1. The maximum absolute atomic E-state index is 13.0. The molecule has 218 valence electrons. The minimum absolute atomic E-state index is 0.0128.